The molecule has 4 unspecified atom stereocenters. The summed E-state index contributed by atoms with van der Waals surface area (Å²) < 4.78 is 71.0. The first kappa shape index (κ1) is 21.6. The Morgan fingerprint density at radius 2 is 1.94 bits per heavy atom. The molecule has 0 bridgehead atoms. The van der Waals surface area contributed by atoms with Gasteiger partial charge in [0.15, 0.2) is 0 Å². The molecule has 0 fully saturated rings. The summed E-state index contributed by atoms with van der Waals surface area (Å²) in [4.78, 5) is 1.37. The minimum absolute atomic E-state index is 0.193. The highest BCUT2D eigenvalue weighted by Gasteiger charge is 2.56. The van der Waals surface area contributed by atoms with Crippen molar-refractivity contribution >= 4 is 16.6 Å². The van der Waals surface area contributed by atoms with Gasteiger partial charge < -0.3 is 10.0 Å². The monoisotopic (exact) mass is 461 g/mol. The molecule has 2 heterocycles. The van der Waals surface area contributed by atoms with Crippen molar-refractivity contribution < 1.29 is 27.1 Å². The predicted molar refractivity (Wildman–Crippen MR) is 114 cm³/mol. The SMILES string of the molecule is OC(CN1C=CC2C=C(F)C=CC21)(c1ccc2c(cnn2C2=CCC(F)C=C2)c1)C(F)(F)F. The van der Waals surface area contributed by atoms with E-state index in [2.05, 4.69) is 5.10 Å². The largest absolute Gasteiger partial charge is 0.423 e. The van der Waals surface area contributed by atoms with Gasteiger partial charge in [0.2, 0.25) is 5.60 Å². The molecular weight excluding hydrogens is 441 g/mol. The molecule has 1 aromatic carbocycles. The average molecular weight is 461 g/mol. The highest BCUT2D eigenvalue weighted by molar-refractivity contribution is 5.84. The fourth-order valence-electron chi connectivity index (χ4n) is 4.47. The van der Waals surface area contributed by atoms with Gasteiger partial charge in [0.1, 0.15) is 12.0 Å². The van der Waals surface area contributed by atoms with Gasteiger partial charge in [0.05, 0.1) is 30.0 Å². The van der Waals surface area contributed by atoms with Gasteiger partial charge in [-0.15, -0.1) is 0 Å². The molecular formula is C24H20F5N3O. The maximum absolute atomic E-state index is 14.2. The number of halogens is 5. The Morgan fingerprint density at radius 1 is 1.12 bits per heavy atom. The zero-order chi connectivity index (χ0) is 23.4. The number of rotatable bonds is 4. The summed E-state index contributed by atoms with van der Waals surface area (Å²) in [5, 5.41) is 15.6. The Kier molecular flexibility index (Phi) is 5.04. The van der Waals surface area contributed by atoms with E-state index in [4.69, 9.17) is 0 Å². The van der Waals surface area contributed by atoms with Gasteiger partial charge in [-0.25, -0.2) is 13.5 Å². The van der Waals surface area contributed by atoms with Crippen LogP contribution in [0.5, 0.6) is 0 Å². The molecule has 2 aliphatic carbocycles. The smallest absolute Gasteiger partial charge is 0.375 e. The molecule has 1 aliphatic heterocycles. The van der Waals surface area contributed by atoms with E-state index in [0.717, 1.165) is 0 Å². The Hall–Kier alpha value is -3.20. The van der Waals surface area contributed by atoms with E-state index in [9.17, 15) is 27.1 Å². The first-order valence-corrected chi connectivity index (χ1v) is 10.5. The van der Waals surface area contributed by atoms with Crippen LogP contribution in [0.2, 0.25) is 0 Å². The standard InChI is InChI=1S/C24H20F5N3O/c25-18-2-5-20(6-3-18)32-22-7-1-17(11-16(22)13-30-32)23(33,24(27,28)29)14-31-10-9-15-12-19(26)4-8-21(15)31/h1-2,4-13,15,18,21,33H,3,14H2. The third kappa shape index (κ3) is 3.70. The number of fused-ring (bicyclic) bond motifs is 2. The number of hydrogen-bond acceptors (Lipinski definition) is 3. The molecule has 33 heavy (non-hydrogen) atoms. The van der Waals surface area contributed by atoms with Crippen molar-refractivity contribution in [3.63, 3.8) is 0 Å². The topological polar surface area (TPSA) is 41.3 Å². The summed E-state index contributed by atoms with van der Waals surface area (Å²) in [6.07, 6.45) is 7.34. The van der Waals surface area contributed by atoms with Crippen LogP contribution in [0.25, 0.3) is 16.6 Å². The van der Waals surface area contributed by atoms with E-state index in [-0.39, 0.29) is 12.0 Å². The highest BCUT2D eigenvalue weighted by atomic mass is 19.4. The molecule has 0 radical (unpaired) electrons. The van der Waals surface area contributed by atoms with Crippen molar-refractivity contribution in [1.29, 1.82) is 0 Å². The molecule has 0 saturated carbocycles. The van der Waals surface area contributed by atoms with E-state index < -0.39 is 42.3 Å². The summed E-state index contributed by atoms with van der Waals surface area (Å²) in [6, 6.07) is 3.46. The molecule has 3 aliphatic rings. The lowest BCUT2D eigenvalue weighted by Crippen LogP contribution is -2.51. The van der Waals surface area contributed by atoms with E-state index in [1.807, 2.05) is 0 Å². The van der Waals surface area contributed by atoms with Crippen molar-refractivity contribution in [2.24, 2.45) is 5.92 Å². The number of benzene rings is 1. The normalized spacial score (nSPS) is 26.4. The van der Waals surface area contributed by atoms with Crippen molar-refractivity contribution in [2.75, 3.05) is 6.54 Å². The summed E-state index contributed by atoms with van der Waals surface area (Å²) in [5.41, 5.74) is -2.33. The van der Waals surface area contributed by atoms with Gasteiger partial charge in [-0.2, -0.15) is 18.3 Å². The van der Waals surface area contributed by atoms with Crippen LogP contribution in [0.4, 0.5) is 22.0 Å². The number of nitrogens with zero attached hydrogens (tertiary/aromatic N) is 3. The third-order valence-corrected chi connectivity index (χ3v) is 6.28. The molecule has 5 rings (SSSR count). The van der Waals surface area contributed by atoms with Gasteiger partial charge in [-0.05, 0) is 48.2 Å². The number of aliphatic hydroxyl groups is 1. The van der Waals surface area contributed by atoms with E-state index in [1.54, 1.807) is 18.2 Å². The number of allylic oxidation sites excluding steroid dienone is 6. The Bertz CT molecular complexity index is 1240. The van der Waals surface area contributed by atoms with Crippen LogP contribution in [0.1, 0.15) is 12.0 Å². The molecule has 0 saturated heterocycles. The van der Waals surface area contributed by atoms with Crippen molar-refractivity contribution in [2.45, 2.75) is 30.4 Å². The fraction of sp³-hybridized carbons (Fsp3) is 0.292. The molecule has 0 spiro atoms. The number of alkyl halides is 4. The third-order valence-electron chi connectivity index (χ3n) is 6.28. The van der Waals surface area contributed by atoms with Crippen LogP contribution in [0.3, 0.4) is 0 Å². The molecule has 172 valence electrons. The van der Waals surface area contributed by atoms with Crippen LogP contribution in [-0.4, -0.2) is 44.7 Å². The molecule has 1 aromatic heterocycles. The van der Waals surface area contributed by atoms with Gasteiger partial charge in [-0.3, -0.25) is 0 Å². The highest BCUT2D eigenvalue weighted by Crippen LogP contribution is 2.43. The Balaban J connectivity index is 1.48. The number of aromatic nitrogens is 2. The van der Waals surface area contributed by atoms with Crippen molar-refractivity contribution in [1.82, 2.24) is 14.7 Å². The molecule has 9 heteroatoms. The summed E-state index contributed by atoms with van der Waals surface area (Å²) >= 11 is 0. The van der Waals surface area contributed by atoms with E-state index >= 15 is 0 Å². The lowest BCUT2D eigenvalue weighted by molar-refractivity contribution is -0.270. The number of β-amino-alcohol motifs (C(OH)–C–C–N with tert-alkyl or cyclic N) is 1. The maximum atomic E-state index is 14.2. The van der Waals surface area contributed by atoms with Crippen molar-refractivity contribution in [3.05, 3.63) is 84.5 Å². The Labute approximate surface area is 186 Å². The molecule has 0 amide bonds. The first-order valence-electron chi connectivity index (χ1n) is 10.5. The van der Waals surface area contributed by atoms with Crippen molar-refractivity contribution in [3.8, 4) is 0 Å². The second-order valence-corrected chi connectivity index (χ2v) is 8.42. The summed E-state index contributed by atoms with van der Waals surface area (Å²) in [6.45, 7) is -0.751. The quantitative estimate of drug-likeness (QED) is 0.640. The molecule has 4 nitrogen and oxygen atoms in total. The van der Waals surface area contributed by atoms with Gasteiger partial charge in [0, 0.05) is 17.7 Å². The van der Waals surface area contributed by atoms with E-state index in [1.165, 1.54) is 64.5 Å². The second-order valence-electron chi connectivity index (χ2n) is 8.42. The zero-order valence-electron chi connectivity index (χ0n) is 17.3. The summed E-state index contributed by atoms with van der Waals surface area (Å²) in [7, 11) is 0. The Morgan fingerprint density at radius 3 is 2.67 bits per heavy atom. The van der Waals surface area contributed by atoms with Crippen LogP contribution in [0, 0.1) is 5.92 Å². The van der Waals surface area contributed by atoms with Gasteiger partial charge in [-0.1, -0.05) is 24.3 Å². The van der Waals surface area contributed by atoms with Crippen LogP contribution in [-0.2, 0) is 5.60 Å². The lowest BCUT2D eigenvalue weighted by Gasteiger charge is -2.37. The minimum atomic E-state index is -4.97. The summed E-state index contributed by atoms with van der Waals surface area (Å²) in [5.74, 6) is -0.838. The number of hydrogen-bond donors (Lipinski definition) is 1. The second kappa shape index (κ2) is 7.69. The fourth-order valence-corrected chi connectivity index (χ4v) is 4.47. The predicted octanol–water partition coefficient (Wildman–Crippen LogP) is 5.16. The molecule has 1 N–H and O–H groups in total. The van der Waals surface area contributed by atoms with E-state index in [0.29, 0.717) is 16.6 Å². The zero-order valence-corrected chi connectivity index (χ0v) is 17.3. The molecule has 4 atom stereocenters. The van der Waals surface area contributed by atoms with Crippen LogP contribution in [0.15, 0.2) is 79.0 Å². The minimum Gasteiger partial charge on any atom is -0.375 e. The molecule has 2 aromatic rings. The lowest BCUT2D eigenvalue weighted by atomic mass is 9.90. The van der Waals surface area contributed by atoms with Crippen LogP contribution < -0.4 is 0 Å². The van der Waals surface area contributed by atoms with Gasteiger partial charge in [0.25, 0.3) is 0 Å². The maximum Gasteiger partial charge on any atom is 0.423 e. The van der Waals surface area contributed by atoms with Crippen LogP contribution >= 0.6 is 0 Å². The van der Waals surface area contributed by atoms with Gasteiger partial charge >= 0.3 is 6.18 Å². The first-order chi connectivity index (χ1) is 15.7. The average Bonchev–Trinajstić information content (AvgIpc) is 3.37.